The van der Waals surface area contributed by atoms with E-state index in [0.29, 0.717) is 24.3 Å². The number of aromatic nitrogens is 1. The summed E-state index contributed by atoms with van der Waals surface area (Å²) in [6.07, 6.45) is 6.32. The minimum atomic E-state index is -0.954. The van der Waals surface area contributed by atoms with Crippen molar-refractivity contribution in [1.29, 1.82) is 0 Å². The maximum Gasteiger partial charge on any atom is 0.335 e. The minimum Gasteiger partial charge on any atom is -0.478 e. The third-order valence-corrected chi connectivity index (χ3v) is 7.65. The summed E-state index contributed by atoms with van der Waals surface area (Å²) in [5, 5.41) is 9.55. The van der Waals surface area contributed by atoms with E-state index >= 15 is 0 Å². The highest BCUT2D eigenvalue weighted by Crippen LogP contribution is 2.31. The average molecular weight is 547 g/mol. The zero-order chi connectivity index (χ0) is 27.8. The van der Waals surface area contributed by atoms with Crippen LogP contribution in [0.5, 0.6) is 0 Å². The Morgan fingerprint density at radius 1 is 1.00 bits per heavy atom. The molecule has 0 saturated carbocycles. The predicted octanol–water partition coefficient (Wildman–Crippen LogP) is 6.99. The first-order chi connectivity index (χ1) is 18.7. The van der Waals surface area contributed by atoms with Gasteiger partial charge in [0.2, 0.25) is 0 Å². The van der Waals surface area contributed by atoms with Crippen LogP contribution in [0.2, 0.25) is 0 Å². The Morgan fingerprint density at radius 3 is 2.51 bits per heavy atom. The van der Waals surface area contributed by atoms with Crippen LogP contribution in [0.3, 0.4) is 0 Å². The molecule has 1 aromatic heterocycles. The average Bonchev–Trinajstić information content (AvgIpc) is 2.91. The number of carbonyl (C=O) groups is 2. The molecule has 0 aliphatic carbocycles. The van der Waals surface area contributed by atoms with Crippen LogP contribution in [0, 0.1) is 0 Å². The molecule has 206 valence electrons. The van der Waals surface area contributed by atoms with E-state index in [-0.39, 0.29) is 11.5 Å². The monoisotopic (exact) mass is 546 g/mol. The number of hydrogen-bond donors (Lipinski definition) is 1. The molecular weight excluding hydrogens is 508 g/mol. The van der Waals surface area contributed by atoms with E-state index in [9.17, 15) is 14.7 Å². The molecule has 2 aromatic carbocycles. The number of carboxylic acid groups (broad SMARTS) is 1. The Labute approximate surface area is 235 Å². The molecule has 7 heteroatoms. The molecule has 39 heavy (non-hydrogen) atoms. The van der Waals surface area contributed by atoms with Gasteiger partial charge in [-0.1, -0.05) is 30.3 Å². The first-order valence-electron chi connectivity index (χ1n) is 13.6. The number of carbonyl (C=O) groups excluding carboxylic acids is 1. The van der Waals surface area contributed by atoms with Crippen molar-refractivity contribution >= 4 is 29.4 Å². The van der Waals surface area contributed by atoms with Crippen molar-refractivity contribution in [3.63, 3.8) is 0 Å². The van der Waals surface area contributed by atoms with Gasteiger partial charge in [-0.15, -0.1) is 0 Å². The highest BCUT2D eigenvalue weighted by Gasteiger charge is 2.17. The van der Waals surface area contributed by atoms with Gasteiger partial charge >= 0.3 is 11.9 Å². The van der Waals surface area contributed by atoms with E-state index in [1.165, 1.54) is 36.5 Å². The SMILES string of the molecule is CC(C)(C)OC(=O)CCSCc1cccc(Cc2ccc(N3CCCCC3)cc2-c2cc(C(=O)O)ccn2)c1. The molecule has 1 N–H and O–H groups in total. The number of thioether (sulfide) groups is 1. The molecule has 0 bridgehead atoms. The first-order valence-corrected chi connectivity index (χ1v) is 14.8. The van der Waals surface area contributed by atoms with Crippen molar-refractivity contribution in [3.8, 4) is 11.3 Å². The predicted molar refractivity (Wildman–Crippen MR) is 159 cm³/mol. The highest BCUT2D eigenvalue weighted by molar-refractivity contribution is 7.98. The number of carboxylic acids is 1. The van der Waals surface area contributed by atoms with Crippen LogP contribution in [0.4, 0.5) is 5.69 Å². The maximum absolute atomic E-state index is 12.0. The zero-order valence-electron chi connectivity index (χ0n) is 23.1. The molecule has 4 rings (SSSR count). The van der Waals surface area contributed by atoms with Gasteiger partial charge in [-0.2, -0.15) is 11.8 Å². The van der Waals surface area contributed by atoms with E-state index in [1.807, 2.05) is 20.8 Å². The Morgan fingerprint density at radius 2 is 1.77 bits per heavy atom. The lowest BCUT2D eigenvalue weighted by Crippen LogP contribution is -2.29. The van der Waals surface area contributed by atoms with Gasteiger partial charge in [0, 0.05) is 42.0 Å². The number of aromatic carboxylic acids is 1. The van der Waals surface area contributed by atoms with Crippen molar-refractivity contribution in [1.82, 2.24) is 4.98 Å². The van der Waals surface area contributed by atoms with E-state index in [2.05, 4.69) is 52.3 Å². The Kier molecular flexibility index (Phi) is 9.68. The third-order valence-electron chi connectivity index (χ3n) is 6.62. The highest BCUT2D eigenvalue weighted by atomic mass is 32.2. The topological polar surface area (TPSA) is 79.7 Å². The third kappa shape index (κ3) is 8.59. The molecule has 1 fully saturated rings. The van der Waals surface area contributed by atoms with Crippen LogP contribution < -0.4 is 4.90 Å². The van der Waals surface area contributed by atoms with E-state index < -0.39 is 11.6 Å². The lowest BCUT2D eigenvalue weighted by molar-refractivity contribution is -0.154. The molecule has 0 unspecified atom stereocenters. The minimum absolute atomic E-state index is 0.162. The van der Waals surface area contributed by atoms with Crippen LogP contribution in [0.15, 0.2) is 60.8 Å². The molecule has 1 aliphatic rings. The molecule has 0 amide bonds. The molecule has 2 heterocycles. The van der Waals surface area contributed by atoms with Crippen LogP contribution in [0.25, 0.3) is 11.3 Å². The van der Waals surface area contributed by atoms with Crippen LogP contribution in [0.1, 0.15) is 73.5 Å². The molecule has 0 atom stereocenters. The van der Waals surface area contributed by atoms with Gasteiger partial charge in [0.05, 0.1) is 17.7 Å². The van der Waals surface area contributed by atoms with Crippen molar-refractivity contribution in [2.75, 3.05) is 23.7 Å². The van der Waals surface area contributed by atoms with Crippen molar-refractivity contribution < 1.29 is 19.4 Å². The number of esters is 1. The van der Waals surface area contributed by atoms with Gasteiger partial charge in [0.15, 0.2) is 0 Å². The van der Waals surface area contributed by atoms with E-state index in [0.717, 1.165) is 35.7 Å². The standard InChI is InChI=1S/C32H38N2O4S/c1-32(2,3)38-30(35)13-17-39-22-24-9-7-8-23(18-24)19-25-10-11-27(34-15-5-4-6-16-34)21-28(25)29-20-26(31(36)37)12-14-33-29/h7-12,14,18,20-21H,4-6,13,15-17,19,22H2,1-3H3,(H,36,37). The van der Waals surface area contributed by atoms with Gasteiger partial charge in [-0.25, -0.2) is 4.79 Å². The molecule has 1 saturated heterocycles. The molecule has 3 aromatic rings. The summed E-state index contributed by atoms with van der Waals surface area (Å²) < 4.78 is 5.40. The number of hydrogen-bond acceptors (Lipinski definition) is 6. The fourth-order valence-corrected chi connectivity index (χ4v) is 5.67. The van der Waals surface area contributed by atoms with Gasteiger partial charge < -0.3 is 14.7 Å². The smallest absolute Gasteiger partial charge is 0.335 e. The number of piperidine rings is 1. The van der Waals surface area contributed by atoms with Gasteiger partial charge in [-0.3, -0.25) is 9.78 Å². The number of nitrogens with zero attached hydrogens (tertiary/aromatic N) is 2. The largest absolute Gasteiger partial charge is 0.478 e. The number of benzene rings is 2. The summed E-state index contributed by atoms with van der Waals surface area (Å²) in [5.41, 5.74) is 6.09. The fourth-order valence-electron chi connectivity index (χ4n) is 4.80. The lowest BCUT2D eigenvalue weighted by Gasteiger charge is -2.29. The van der Waals surface area contributed by atoms with Crippen LogP contribution in [-0.2, 0) is 21.7 Å². The maximum atomic E-state index is 12.0. The summed E-state index contributed by atoms with van der Waals surface area (Å²) in [6, 6.07) is 18.2. The Bertz CT molecular complexity index is 1300. The summed E-state index contributed by atoms with van der Waals surface area (Å²) in [4.78, 5) is 30.6. The second kappa shape index (κ2) is 13.2. The second-order valence-electron chi connectivity index (χ2n) is 11.0. The molecule has 6 nitrogen and oxygen atoms in total. The Hall–Kier alpha value is -3.32. The molecule has 1 aliphatic heterocycles. The van der Waals surface area contributed by atoms with E-state index in [1.54, 1.807) is 24.0 Å². The van der Waals surface area contributed by atoms with Crippen LogP contribution >= 0.6 is 11.8 Å². The summed E-state index contributed by atoms with van der Waals surface area (Å²) >= 11 is 1.73. The first kappa shape index (κ1) is 28.7. The number of anilines is 1. The summed E-state index contributed by atoms with van der Waals surface area (Å²) in [6.45, 7) is 7.73. The Balaban J connectivity index is 1.51. The van der Waals surface area contributed by atoms with Gasteiger partial charge in [0.25, 0.3) is 0 Å². The fraction of sp³-hybridized carbons (Fsp3) is 0.406. The quantitative estimate of drug-likeness (QED) is 0.217. The van der Waals surface area contributed by atoms with Gasteiger partial charge in [-0.05, 0) is 87.4 Å². The second-order valence-corrected chi connectivity index (χ2v) is 12.1. The molecular formula is C32H38N2O4S. The number of rotatable bonds is 10. The van der Waals surface area contributed by atoms with Crippen LogP contribution in [-0.4, -0.2) is 46.5 Å². The lowest BCUT2D eigenvalue weighted by atomic mass is 9.95. The van der Waals surface area contributed by atoms with Crippen molar-refractivity contribution in [3.05, 3.63) is 83.0 Å². The van der Waals surface area contributed by atoms with Crippen molar-refractivity contribution in [2.45, 2.75) is 64.2 Å². The van der Waals surface area contributed by atoms with Gasteiger partial charge in [0.1, 0.15) is 5.60 Å². The van der Waals surface area contributed by atoms with Crippen molar-refractivity contribution in [2.24, 2.45) is 0 Å². The molecule has 0 spiro atoms. The number of pyridine rings is 1. The zero-order valence-corrected chi connectivity index (χ0v) is 23.9. The molecule has 0 radical (unpaired) electrons. The summed E-state index contributed by atoms with van der Waals surface area (Å²) in [5.74, 6) is 0.418. The number of ether oxygens (including phenoxy) is 1. The van der Waals surface area contributed by atoms with E-state index in [4.69, 9.17) is 4.74 Å². The normalized spacial score (nSPS) is 13.8. The summed E-state index contributed by atoms with van der Waals surface area (Å²) in [7, 11) is 0.